The Labute approximate surface area is 109 Å². The number of anilines is 1. The van der Waals surface area contributed by atoms with Crippen LogP contribution in [0.15, 0.2) is 12.3 Å². The van der Waals surface area contributed by atoms with Crippen molar-refractivity contribution in [2.45, 2.75) is 6.42 Å². The van der Waals surface area contributed by atoms with Gasteiger partial charge in [0.25, 0.3) is 0 Å². The molecule has 0 aliphatic carbocycles. The number of nitriles is 1. The summed E-state index contributed by atoms with van der Waals surface area (Å²) in [6, 6.07) is 3.02. The molecule has 8 nitrogen and oxygen atoms in total. The summed E-state index contributed by atoms with van der Waals surface area (Å²) in [5, 5.41) is 19.9. The molecule has 0 spiro atoms. The van der Waals surface area contributed by atoms with E-state index in [9.17, 15) is 14.9 Å². The van der Waals surface area contributed by atoms with Crippen LogP contribution in [0.25, 0.3) is 0 Å². The molecule has 1 aromatic heterocycles. The van der Waals surface area contributed by atoms with Crippen molar-refractivity contribution in [3.8, 4) is 6.07 Å². The van der Waals surface area contributed by atoms with Gasteiger partial charge >= 0.3 is 11.7 Å². The Bertz CT molecular complexity index is 538. The van der Waals surface area contributed by atoms with Crippen molar-refractivity contribution >= 4 is 17.5 Å². The van der Waals surface area contributed by atoms with Gasteiger partial charge in [-0.25, -0.2) is 4.98 Å². The van der Waals surface area contributed by atoms with Crippen LogP contribution in [0, 0.1) is 21.4 Å². The second-order valence-corrected chi connectivity index (χ2v) is 3.65. The Kier molecular flexibility index (Phi) is 4.76. The number of nitro groups is 1. The zero-order valence-electron chi connectivity index (χ0n) is 10.5. The van der Waals surface area contributed by atoms with E-state index in [0.29, 0.717) is 0 Å². The molecule has 1 rings (SSSR count). The Morgan fingerprint density at radius 1 is 1.68 bits per heavy atom. The van der Waals surface area contributed by atoms with Crippen LogP contribution in [0.4, 0.5) is 11.5 Å². The summed E-state index contributed by atoms with van der Waals surface area (Å²) in [4.78, 5) is 26.7. The minimum Gasteiger partial charge on any atom is -0.469 e. The number of ether oxygens (including phenoxy) is 1. The lowest BCUT2D eigenvalue weighted by Crippen LogP contribution is -2.23. The van der Waals surface area contributed by atoms with Crippen molar-refractivity contribution in [3.05, 3.63) is 27.9 Å². The number of nitrogens with zero attached hydrogens (tertiary/aromatic N) is 4. The van der Waals surface area contributed by atoms with Crippen LogP contribution in [0.3, 0.4) is 0 Å². The fraction of sp³-hybridized carbons (Fsp3) is 0.364. The van der Waals surface area contributed by atoms with Gasteiger partial charge in [-0.2, -0.15) is 5.26 Å². The quantitative estimate of drug-likeness (QED) is 0.440. The number of hydrogen-bond acceptors (Lipinski definition) is 7. The van der Waals surface area contributed by atoms with Crippen molar-refractivity contribution in [3.63, 3.8) is 0 Å². The molecular weight excluding hydrogens is 252 g/mol. The standard InChI is InChI=1S/C11H12N4O4/c1-14(6-4-9(16)19-2)11-10(15(17)18)8(7-12)3-5-13-11/h3,5H,4,6H2,1-2H3. The monoisotopic (exact) mass is 264 g/mol. The van der Waals surface area contributed by atoms with Crippen LogP contribution in [0.2, 0.25) is 0 Å². The molecule has 0 fully saturated rings. The number of methoxy groups -OCH3 is 1. The summed E-state index contributed by atoms with van der Waals surface area (Å²) < 4.78 is 4.49. The zero-order chi connectivity index (χ0) is 14.4. The van der Waals surface area contributed by atoms with Crippen molar-refractivity contribution in [1.82, 2.24) is 4.98 Å². The second-order valence-electron chi connectivity index (χ2n) is 3.65. The largest absolute Gasteiger partial charge is 0.469 e. The molecule has 0 amide bonds. The lowest BCUT2D eigenvalue weighted by atomic mass is 10.2. The molecule has 19 heavy (non-hydrogen) atoms. The zero-order valence-corrected chi connectivity index (χ0v) is 10.5. The average Bonchev–Trinajstić information content (AvgIpc) is 2.42. The topological polar surface area (TPSA) is 109 Å². The molecule has 0 saturated heterocycles. The van der Waals surface area contributed by atoms with Gasteiger partial charge in [-0.15, -0.1) is 0 Å². The number of hydrogen-bond donors (Lipinski definition) is 0. The van der Waals surface area contributed by atoms with Crippen molar-refractivity contribution in [2.24, 2.45) is 0 Å². The summed E-state index contributed by atoms with van der Waals surface area (Å²) in [7, 11) is 2.82. The second kappa shape index (κ2) is 6.30. The van der Waals surface area contributed by atoms with E-state index >= 15 is 0 Å². The van der Waals surface area contributed by atoms with E-state index in [-0.39, 0.29) is 30.0 Å². The third kappa shape index (κ3) is 3.38. The molecule has 0 saturated carbocycles. The molecule has 0 bridgehead atoms. The molecule has 0 aromatic carbocycles. The lowest BCUT2D eigenvalue weighted by molar-refractivity contribution is -0.384. The highest BCUT2D eigenvalue weighted by Gasteiger charge is 2.24. The molecular formula is C11H12N4O4. The van der Waals surface area contributed by atoms with Gasteiger partial charge in [0.1, 0.15) is 11.6 Å². The van der Waals surface area contributed by atoms with Gasteiger partial charge in [0.05, 0.1) is 18.5 Å². The molecule has 0 atom stereocenters. The first kappa shape index (κ1) is 14.4. The molecule has 0 radical (unpaired) electrons. The SMILES string of the molecule is COC(=O)CCN(C)c1nccc(C#N)c1[N+](=O)[O-]. The lowest BCUT2D eigenvalue weighted by Gasteiger charge is -2.17. The first-order valence-electron chi connectivity index (χ1n) is 5.32. The third-order valence-electron chi connectivity index (χ3n) is 2.45. The number of rotatable bonds is 5. The maximum Gasteiger partial charge on any atom is 0.329 e. The van der Waals surface area contributed by atoms with Gasteiger partial charge in [-0.05, 0) is 6.07 Å². The van der Waals surface area contributed by atoms with E-state index in [1.54, 1.807) is 13.1 Å². The first-order chi connectivity index (χ1) is 9.01. The molecule has 0 aliphatic rings. The molecule has 100 valence electrons. The maximum absolute atomic E-state index is 11.0. The van der Waals surface area contributed by atoms with Crippen molar-refractivity contribution < 1.29 is 14.5 Å². The summed E-state index contributed by atoms with van der Waals surface area (Å²) in [5.41, 5.74) is -0.433. The molecule has 0 unspecified atom stereocenters. The van der Waals surface area contributed by atoms with Gasteiger partial charge in [0.2, 0.25) is 5.82 Å². The highest BCUT2D eigenvalue weighted by atomic mass is 16.6. The maximum atomic E-state index is 11.0. The van der Waals surface area contributed by atoms with Crippen LogP contribution in [-0.2, 0) is 9.53 Å². The highest BCUT2D eigenvalue weighted by Crippen LogP contribution is 2.28. The van der Waals surface area contributed by atoms with E-state index in [0.717, 1.165) is 0 Å². The molecule has 1 aromatic rings. The predicted octanol–water partition coefficient (Wildman–Crippen LogP) is 0.861. The Balaban J connectivity index is 3.03. The minimum atomic E-state index is -0.657. The number of aromatic nitrogens is 1. The van der Waals surface area contributed by atoms with Crippen molar-refractivity contribution in [1.29, 1.82) is 5.26 Å². The van der Waals surface area contributed by atoms with Crippen LogP contribution in [0.1, 0.15) is 12.0 Å². The van der Waals surface area contributed by atoms with E-state index in [2.05, 4.69) is 9.72 Å². The molecule has 0 N–H and O–H groups in total. The van der Waals surface area contributed by atoms with Gasteiger partial charge in [0.15, 0.2) is 0 Å². The minimum absolute atomic E-state index is 0.0490. The van der Waals surface area contributed by atoms with Gasteiger partial charge in [-0.3, -0.25) is 14.9 Å². The summed E-state index contributed by atoms with van der Waals surface area (Å²) in [6.07, 6.45) is 1.39. The Hall–Kier alpha value is -2.69. The molecule has 1 heterocycles. The normalized spacial score (nSPS) is 9.53. The summed E-state index contributed by atoms with van der Waals surface area (Å²) in [5.74, 6) is -0.376. The van der Waals surface area contributed by atoms with Crippen LogP contribution >= 0.6 is 0 Å². The van der Waals surface area contributed by atoms with Gasteiger partial charge in [0, 0.05) is 19.8 Å². The number of esters is 1. The smallest absolute Gasteiger partial charge is 0.329 e. The third-order valence-corrected chi connectivity index (χ3v) is 2.45. The Morgan fingerprint density at radius 3 is 2.89 bits per heavy atom. The van der Waals surface area contributed by atoms with E-state index in [1.807, 2.05) is 0 Å². The predicted molar refractivity (Wildman–Crippen MR) is 65.5 cm³/mol. The van der Waals surface area contributed by atoms with E-state index < -0.39 is 10.9 Å². The highest BCUT2D eigenvalue weighted by molar-refractivity contribution is 5.71. The number of carbonyl (C=O) groups is 1. The summed E-state index contributed by atoms with van der Waals surface area (Å²) in [6.45, 7) is 0.204. The van der Waals surface area contributed by atoms with Crippen LogP contribution < -0.4 is 4.90 Å². The van der Waals surface area contributed by atoms with Crippen molar-refractivity contribution in [2.75, 3.05) is 25.6 Å². The fourth-order valence-electron chi connectivity index (χ4n) is 1.46. The average molecular weight is 264 g/mol. The number of carbonyl (C=O) groups excluding carboxylic acids is 1. The summed E-state index contributed by atoms with van der Waals surface area (Å²) >= 11 is 0. The van der Waals surface area contributed by atoms with Crippen LogP contribution in [-0.4, -0.2) is 36.6 Å². The van der Waals surface area contributed by atoms with Gasteiger partial charge < -0.3 is 9.64 Å². The fourth-order valence-corrected chi connectivity index (χ4v) is 1.46. The Morgan fingerprint density at radius 2 is 2.37 bits per heavy atom. The van der Waals surface area contributed by atoms with E-state index in [1.165, 1.54) is 24.3 Å². The van der Waals surface area contributed by atoms with E-state index in [4.69, 9.17) is 5.26 Å². The molecule has 8 heteroatoms. The van der Waals surface area contributed by atoms with Gasteiger partial charge in [-0.1, -0.05) is 0 Å². The first-order valence-corrected chi connectivity index (χ1v) is 5.32. The van der Waals surface area contributed by atoms with Crippen LogP contribution in [0.5, 0.6) is 0 Å². The number of pyridine rings is 1. The molecule has 0 aliphatic heterocycles.